The summed E-state index contributed by atoms with van der Waals surface area (Å²) in [6, 6.07) is 9.88. The SMILES string of the molecule is C[C@@H](C(=O)NCC[NH+]1CCOCC1)N1c2cccc3cccc(c23)S1(=O)=O. The van der Waals surface area contributed by atoms with Gasteiger partial charge in [-0.2, -0.15) is 0 Å². The van der Waals surface area contributed by atoms with Gasteiger partial charge in [0.1, 0.15) is 19.1 Å². The minimum Gasteiger partial charge on any atom is -0.370 e. The number of carbonyl (C=O) groups excluding carboxylic acids is 1. The first kappa shape index (κ1) is 18.2. The van der Waals surface area contributed by atoms with E-state index in [-0.39, 0.29) is 10.8 Å². The van der Waals surface area contributed by atoms with Crippen LogP contribution >= 0.6 is 0 Å². The molecule has 0 aromatic heterocycles. The van der Waals surface area contributed by atoms with Crippen molar-refractivity contribution in [3.63, 3.8) is 0 Å². The Morgan fingerprint density at radius 1 is 1.22 bits per heavy atom. The summed E-state index contributed by atoms with van der Waals surface area (Å²) in [7, 11) is -3.74. The molecule has 1 saturated heterocycles. The number of quaternary nitrogens is 1. The number of carbonyl (C=O) groups is 1. The third kappa shape index (κ3) is 3.18. The van der Waals surface area contributed by atoms with Gasteiger partial charge in [0.2, 0.25) is 5.91 Å². The molecule has 2 aliphatic heterocycles. The van der Waals surface area contributed by atoms with Gasteiger partial charge in [-0.25, -0.2) is 8.42 Å². The smallest absolute Gasteiger partial charge is 0.265 e. The van der Waals surface area contributed by atoms with Crippen molar-refractivity contribution in [1.82, 2.24) is 5.32 Å². The van der Waals surface area contributed by atoms with Gasteiger partial charge in [-0.15, -0.1) is 0 Å². The molecule has 2 N–H and O–H groups in total. The Balaban J connectivity index is 1.51. The van der Waals surface area contributed by atoms with E-state index in [9.17, 15) is 13.2 Å². The van der Waals surface area contributed by atoms with Crippen molar-refractivity contribution < 1.29 is 22.8 Å². The molecule has 0 bridgehead atoms. The first-order valence-corrected chi connectivity index (χ1v) is 10.7. The van der Waals surface area contributed by atoms with Crippen molar-refractivity contribution in [2.24, 2.45) is 0 Å². The number of morpholine rings is 1. The van der Waals surface area contributed by atoms with Crippen molar-refractivity contribution in [1.29, 1.82) is 0 Å². The van der Waals surface area contributed by atoms with Gasteiger partial charge < -0.3 is 15.0 Å². The summed E-state index contributed by atoms with van der Waals surface area (Å²) >= 11 is 0. The molecule has 2 aromatic carbocycles. The van der Waals surface area contributed by atoms with Crippen molar-refractivity contribution in [2.75, 3.05) is 43.7 Å². The topological polar surface area (TPSA) is 80.2 Å². The third-order valence-corrected chi connectivity index (χ3v) is 7.25. The van der Waals surface area contributed by atoms with Crippen LogP contribution in [0.3, 0.4) is 0 Å². The van der Waals surface area contributed by atoms with Crippen LogP contribution in [-0.4, -0.2) is 59.8 Å². The lowest BCUT2D eigenvalue weighted by atomic mass is 10.1. The van der Waals surface area contributed by atoms with Gasteiger partial charge in [-0.05, 0) is 24.4 Å². The molecular formula is C19H24N3O4S+. The Kier molecular flexibility index (Phi) is 4.79. The van der Waals surface area contributed by atoms with Gasteiger partial charge in [-0.1, -0.05) is 24.3 Å². The first-order valence-electron chi connectivity index (χ1n) is 9.25. The summed E-state index contributed by atoms with van der Waals surface area (Å²) in [6.45, 7) is 6.32. The Labute approximate surface area is 158 Å². The second kappa shape index (κ2) is 7.10. The van der Waals surface area contributed by atoms with Crippen LogP contribution in [0.5, 0.6) is 0 Å². The molecule has 2 aromatic rings. The number of hydrogen-bond acceptors (Lipinski definition) is 4. The standard InChI is InChI=1S/C19H23N3O4S/c1-14(19(23)20-8-9-21-10-12-26-13-11-21)22-16-6-2-4-15-5-3-7-17(18(15)16)27(22,24)25/h2-7,14H,8-13H2,1H3,(H,20,23)/p+1/t14-/m0/s1. The zero-order valence-electron chi connectivity index (χ0n) is 15.3. The largest absolute Gasteiger partial charge is 0.370 e. The van der Waals surface area contributed by atoms with Crippen molar-refractivity contribution in [3.8, 4) is 0 Å². The zero-order valence-corrected chi connectivity index (χ0v) is 16.1. The number of ether oxygens (including phenoxy) is 1. The van der Waals surface area contributed by atoms with E-state index in [0.717, 1.165) is 38.2 Å². The molecule has 1 fully saturated rings. The quantitative estimate of drug-likeness (QED) is 0.739. The fourth-order valence-electron chi connectivity index (χ4n) is 3.86. The minimum absolute atomic E-state index is 0.271. The number of benzene rings is 2. The molecular weight excluding hydrogens is 366 g/mol. The summed E-state index contributed by atoms with van der Waals surface area (Å²) in [5, 5.41) is 4.45. The number of anilines is 1. The first-order chi connectivity index (χ1) is 13.0. The van der Waals surface area contributed by atoms with E-state index in [1.165, 1.54) is 9.21 Å². The van der Waals surface area contributed by atoms with Crippen LogP contribution in [0.25, 0.3) is 10.8 Å². The molecule has 2 heterocycles. The normalized spacial score (nSPS) is 20.0. The van der Waals surface area contributed by atoms with E-state index in [1.807, 2.05) is 18.2 Å². The van der Waals surface area contributed by atoms with E-state index < -0.39 is 16.1 Å². The summed E-state index contributed by atoms with van der Waals surface area (Å²) in [4.78, 5) is 14.3. The maximum absolute atomic E-state index is 13.1. The van der Waals surface area contributed by atoms with Crippen LogP contribution in [0.1, 0.15) is 6.92 Å². The number of amides is 1. The molecule has 0 unspecified atom stereocenters. The lowest BCUT2D eigenvalue weighted by Gasteiger charge is -2.26. The van der Waals surface area contributed by atoms with Crippen molar-refractivity contribution in [2.45, 2.75) is 17.9 Å². The highest BCUT2D eigenvalue weighted by molar-refractivity contribution is 7.93. The van der Waals surface area contributed by atoms with Gasteiger partial charge in [0.05, 0.1) is 36.9 Å². The monoisotopic (exact) mass is 390 g/mol. The summed E-state index contributed by atoms with van der Waals surface area (Å²) in [5.74, 6) is -0.281. The number of hydrogen-bond donors (Lipinski definition) is 2. The number of rotatable bonds is 5. The van der Waals surface area contributed by atoms with E-state index in [0.29, 0.717) is 17.6 Å². The molecule has 27 heavy (non-hydrogen) atoms. The predicted octanol–water partition coefficient (Wildman–Crippen LogP) is -0.232. The Morgan fingerprint density at radius 3 is 2.67 bits per heavy atom. The Bertz CT molecular complexity index is 965. The van der Waals surface area contributed by atoms with E-state index in [4.69, 9.17) is 4.74 Å². The van der Waals surface area contributed by atoms with E-state index in [1.54, 1.807) is 25.1 Å². The molecule has 8 heteroatoms. The molecule has 4 rings (SSSR count). The third-order valence-electron chi connectivity index (χ3n) is 5.33. The van der Waals surface area contributed by atoms with Crippen LogP contribution in [0, 0.1) is 0 Å². The fourth-order valence-corrected chi connectivity index (χ4v) is 5.73. The predicted molar refractivity (Wildman–Crippen MR) is 102 cm³/mol. The van der Waals surface area contributed by atoms with Gasteiger partial charge in [-0.3, -0.25) is 9.10 Å². The van der Waals surface area contributed by atoms with Crippen LogP contribution in [0.4, 0.5) is 5.69 Å². The van der Waals surface area contributed by atoms with Gasteiger partial charge in [0, 0.05) is 5.39 Å². The molecule has 0 radical (unpaired) electrons. The van der Waals surface area contributed by atoms with Crippen LogP contribution in [0.2, 0.25) is 0 Å². The van der Waals surface area contributed by atoms with Crippen LogP contribution in [-0.2, 0) is 19.6 Å². The highest BCUT2D eigenvalue weighted by atomic mass is 32.2. The van der Waals surface area contributed by atoms with Gasteiger partial charge >= 0.3 is 0 Å². The molecule has 0 aliphatic carbocycles. The number of nitrogens with zero attached hydrogens (tertiary/aromatic N) is 1. The highest BCUT2D eigenvalue weighted by Crippen LogP contribution is 2.43. The molecule has 0 spiro atoms. The average Bonchev–Trinajstić information content (AvgIpc) is 2.91. The summed E-state index contributed by atoms with van der Waals surface area (Å²) < 4.78 is 32.7. The second-order valence-electron chi connectivity index (χ2n) is 7.01. The molecule has 1 amide bonds. The van der Waals surface area contributed by atoms with E-state index in [2.05, 4.69) is 5.32 Å². The Morgan fingerprint density at radius 2 is 1.93 bits per heavy atom. The minimum atomic E-state index is -3.74. The zero-order chi connectivity index (χ0) is 19.0. The lowest BCUT2D eigenvalue weighted by Crippen LogP contribution is -3.14. The van der Waals surface area contributed by atoms with Gasteiger partial charge in [0.15, 0.2) is 0 Å². The molecule has 1 atom stereocenters. The number of nitrogens with one attached hydrogen (secondary N) is 2. The maximum Gasteiger partial charge on any atom is 0.265 e. The Hall–Kier alpha value is -2.16. The highest BCUT2D eigenvalue weighted by Gasteiger charge is 2.40. The molecule has 144 valence electrons. The van der Waals surface area contributed by atoms with Crippen molar-refractivity contribution >= 4 is 32.4 Å². The summed E-state index contributed by atoms with van der Waals surface area (Å²) in [5.41, 5.74) is 0.574. The van der Waals surface area contributed by atoms with Gasteiger partial charge in [0.25, 0.3) is 10.0 Å². The fraction of sp³-hybridized carbons (Fsp3) is 0.421. The number of sulfonamides is 1. The average molecular weight is 390 g/mol. The maximum atomic E-state index is 13.1. The molecule has 7 nitrogen and oxygen atoms in total. The van der Waals surface area contributed by atoms with E-state index >= 15 is 0 Å². The lowest BCUT2D eigenvalue weighted by molar-refractivity contribution is -0.906. The molecule has 0 saturated carbocycles. The van der Waals surface area contributed by atoms with Crippen LogP contribution < -0.4 is 14.5 Å². The second-order valence-corrected chi connectivity index (χ2v) is 8.79. The van der Waals surface area contributed by atoms with Crippen LogP contribution in [0.15, 0.2) is 41.3 Å². The molecule has 2 aliphatic rings. The summed E-state index contributed by atoms with van der Waals surface area (Å²) in [6.07, 6.45) is 0. The van der Waals surface area contributed by atoms with Crippen molar-refractivity contribution in [3.05, 3.63) is 36.4 Å².